The van der Waals surface area contributed by atoms with Gasteiger partial charge in [-0.2, -0.15) is 5.10 Å². The van der Waals surface area contributed by atoms with Gasteiger partial charge in [0.25, 0.3) is 0 Å². The second kappa shape index (κ2) is 4.44. The molecule has 0 saturated carbocycles. The van der Waals surface area contributed by atoms with Crippen molar-refractivity contribution in [2.45, 2.75) is 19.7 Å². The summed E-state index contributed by atoms with van der Waals surface area (Å²) in [6.07, 6.45) is 0. The molecular weight excluding hydrogens is 245 g/mol. The van der Waals surface area contributed by atoms with Crippen LogP contribution in [0.5, 0.6) is 0 Å². The van der Waals surface area contributed by atoms with E-state index in [-0.39, 0.29) is 0 Å². The minimum Gasteiger partial charge on any atom is -0.232 e. The molecule has 16 heavy (non-hydrogen) atoms. The maximum Gasteiger partial charge on any atom is 0.153 e. The highest BCUT2D eigenvalue weighted by atomic mass is 35.5. The van der Waals surface area contributed by atoms with Crippen LogP contribution in [0.3, 0.4) is 0 Å². The molecule has 0 amide bonds. The van der Waals surface area contributed by atoms with Gasteiger partial charge in [-0.3, -0.25) is 0 Å². The largest absolute Gasteiger partial charge is 0.232 e. The average molecular weight is 256 g/mol. The molecular formula is C11H11Cl2N3. The van der Waals surface area contributed by atoms with Crippen LogP contribution in [-0.4, -0.2) is 14.8 Å². The van der Waals surface area contributed by atoms with Crippen LogP contribution in [0.4, 0.5) is 0 Å². The molecule has 5 heteroatoms. The number of aryl methyl sites for hydroxylation is 1. The molecule has 84 valence electrons. The van der Waals surface area contributed by atoms with Crippen LogP contribution in [0.1, 0.15) is 17.1 Å². The average Bonchev–Trinajstić information content (AvgIpc) is 2.57. The monoisotopic (exact) mass is 255 g/mol. The van der Waals surface area contributed by atoms with E-state index in [1.165, 1.54) is 0 Å². The summed E-state index contributed by atoms with van der Waals surface area (Å²) in [5.74, 6) is 1.13. The normalized spacial score (nSPS) is 10.8. The zero-order chi connectivity index (χ0) is 11.7. The van der Waals surface area contributed by atoms with E-state index in [4.69, 9.17) is 23.2 Å². The number of aromatic nitrogens is 3. The van der Waals surface area contributed by atoms with Crippen LogP contribution in [0.2, 0.25) is 5.02 Å². The summed E-state index contributed by atoms with van der Waals surface area (Å²) in [7, 11) is 0. The molecule has 0 aliphatic rings. The lowest BCUT2D eigenvalue weighted by atomic mass is 10.3. The summed E-state index contributed by atoms with van der Waals surface area (Å²) in [5.41, 5.74) is 2.51. The maximum atomic E-state index is 6.08. The fraction of sp³-hybridized carbons (Fsp3) is 0.273. The van der Waals surface area contributed by atoms with Gasteiger partial charge in [0, 0.05) is 0 Å². The quantitative estimate of drug-likeness (QED) is 0.772. The van der Waals surface area contributed by atoms with Crippen molar-refractivity contribution in [2.24, 2.45) is 0 Å². The van der Waals surface area contributed by atoms with Crippen molar-refractivity contribution in [1.29, 1.82) is 0 Å². The first-order chi connectivity index (χ1) is 7.63. The standard InChI is InChI=1S/C11H11Cl2N3/c1-7-11(13)8(2)16(15-7)10-5-3-4-9(6-12)14-10/h3-5H,6H2,1-2H3. The number of hydrogen-bond acceptors (Lipinski definition) is 2. The van der Waals surface area contributed by atoms with Crippen LogP contribution in [0.15, 0.2) is 18.2 Å². The molecule has 2 aromatic heterocycles. The summed E-state index contributed by atoms with van der Waals surface area (Å²) in [5, 5.41) is 5.01. The Morgan fingerprint density at radius 2 is 2.06 bits per heavy atom. The smallest absolute Gasteiger partial charge is 0.153 e. The topological polar surface area (TPSA) is 30.7 Å². The molecule has 0 aliphatic carbocycles. The summed E-state index contributed by atoms with van der Waals surface area (Å²) in [6, 6.07) is 5.67. The third-order valence-corrected chi connectivity index (χ3v) is 3.17. The van der Waals surface area contributed by atoms with Crippen molar-refractivity contribution in [1.82, 2.24) is 14.8 Å². The van der Waals surface area contributed by atoms with Crippen molar-refractivity contribution < 1.29 is 0 Å². The SMILES string of the molecule is Cc1nn(-c2cccc(CCl)n2)c(C)c1Cl. The molecule has 0 aromatic carbocycles. The Labute approximate surface area is 104 Å². The van der Waals surface area contributed by atoms with E-state index in [1.807, 2.05) is 32.0 Å². The Morgan fingerprint density at radius 3 is 2.62 bits per heavy atom. The van der Waals surface area contributed by atoms with Crippen LogP contribution in [-0.2, 0) is 5.88 Å². The minimum atomic E-state index is 0.390. The molecule has 3 nitrogen and oxygen atoms in total. The van der Waals surface area contributed by atoms with Gasteiger partial charge in [0.2, 0.25) is 0 Å². The molecule has 0 bridgehead atoms. The van der Waals surface area contributed by atoms with Gasteiger partial charge in [0.15, 0.2) is 5.82 Å². The highest BCUT2D eigenvalue weighted by molar-refractivity contribution is 6.31. The number of halogens is 2. The van der Waals surface area contributed by atoms with E-state index in [0.717, 1.165) is 22.9 Å². The Morgan fingerprint density at radius 1 is 1.31 bits per heavy atom. The predicted molar refractivity (Wildman–Crippen MR) is 65.4 cm³/mol. The molecule has 0 radical (unpaired) electrons. The molecule has 2 rings (SSSR count). The first kappa shape index (κ1) is 11.4. The molecule has 0 aliphatic heterocycles. The number of hydrogen-bond donors (Lipinski definition) is 0. The summed E-state index contributed by atoms with van der Waals surface area (Å²) in [6.45, 7) is 3.79. The van der Waals surface area contributed by atoms with Crippen molar-refractivity contribution >= 4 is 23.2 Å². The first-order valence-corrected chi connectivity index (χ1v) is 5.78. The van der Waals surface area contributed by atoms with Gasteiger partial charge in [0.05, 0.1) is 28.0 Å². The minimum absolute atomic E-state index is 0.390. The van der Waals surface area contributed by atoms with E-state index in [9.17, 15) is 0 Å². The molecule has 0 N–H and O–H groups in total. The highest BCUT2D eigenvalue weighted by Gasteiger charge is 2.11. The maximum absolute atomic E-state index is 6.08. The lowest BCUT2D eigenvalue weighted by Crippen LogP contribution is -2.03. The Balaban J connectivity index is 2.54. The third kappa shape index (κ3) is 1.93. The zero-order valence-corrected chi connectivity index (χ0v) is 10.5. The van der Waals surface area contributed by atoms with Crippen molar-refractivity contribution in [3.8, 4) is 5.82 Å². The number of nitrogens with zero attached hydrogens (tertiary/aromatic N) is 3. The van der Waals surface area contributed by atoms with Crippen LogP contribution >= 0.6 is 23.2 Å². The lowest BCUT2D eigenvalue weighted by Gasteiger charge is -2.04. The molecule has 0 unspecified atom stereocenters. The molecule has 0 fully saturated rings. The lowest BCUT2D eigenvalue weighted by molar-refractivity contribution is 0.800. The van der Waals surface area contributed by atoms with Crippen molar-refractivity contribution in [2.75, 3.05) is 0 Å². The van der Waals surface area contributed by atoms with E-state index in [2.05, 4.69) is 10.1 Å². The number of alkyl halides is 1. The number of rotatable bonds is 2. The third-order valence-electron chi connectivity index (χ3n) is 2.35. The van der Waals surface area contributed by atoms with Crippen molar-refractivity contribution in [3.05, 3.63) is 40.3 Å². The Bertz CT molecular complexity index is 520. The van der Waals surface area contributed by atoms with E-state index in [0.29, 0.717) is 10.9 Å². The van der Waals surface area contributed by atoms with E-state index in [1.54, 1.807) is 4.68 Å². The molecule has 2 heterocycles. The first-order valence-electron chi connectivity index (χ1n) is 4.87. The molecule has 2 aromatic rings. The van der Waals surface area contributed by atoms with Crippen LogP contribution < -0.4 is 0 Å². The van der Waals surface area contributed by atoms with Gasteiger partial charge >= 0.3 is 0 Å². The molecule has 0 spiro atoms. The van der Waals surface area contributed by atoms with Crippen LogP contribution in [0.25, 0.3) is 5.82 Å². The van der Waals surface area contributed by atoms with Gasteiger partial charge in [-0.1, -0.05) is 17.7 Å². The molecule has 0 atom stereocenters. The molecule has 0 saturated heterocycles. The number of pyridine rings is 1. The van der Waals surface area contributed by atoms with Gasteiger partial charge in [-0.05, 0) is 26.0 Å². The van der Waals surface area contributed by atoms with Crippen LogP contribution in [0, 0.1) is 13.8 Å². The fourth-order valence-electron chi connectivity index (χ4n) is 1.51. The Kier molecular flexibility index (Phi) is 3.17. The Hall–Kier alpha value is -1.06. The van der Waals surface area contributed by atoms with Gasteiger partial charge in [-0.25, -0.2) is 9.67 Å². The van der Waals surface area contributed by atoms with E-state index < -0.39 is 0 Å². The van der Waals surface area contributed by atoms with Crippen molar-refractivity contribution in [3.63, 3.8) is 0 Å². The predicted octanol–water partition coefficient (Wildman–Crippen LogP) is 3.28. The van der Waals surface area contributed by atoms with Gasteiger partial charge < -0.3 is 0 Å². The summed E-state index contributed by atoms with van der Waals surface area (Å²) in [4.78, 5) is 4.39. The summed E-state index contributed by atoms with van der Waals surface area (Å²) < 4.78 is 1.73. The van der Waals surface area contributed by atoms with E-state index >= 15 is 0 Å². The fourth-order valence-corrected chi connectivity index (χ4v) is 1.77. The second-order valence-corrected chi connectivity index (χ2v) is 4.16. The zero-order valence-electron chi connectivity index (χ0n) is 9.04. The highest BCUT2D eigenvalue weighted by Crippen LogP contribution is 2.21. The van der Waals surface area contributed by atoms with Gasteiger partial charge in [-0.15, -0.1) is 11.6 Å². The summed E-state index contributed by atoms with van der Waals surface area (Å²) >= 11 is 11.8. The second-order valence-electron chi connectivity index (χ2n) is 3.52. The van der Waals surface area contributed by atoms with Gasteiger partial charge in [0.1, 0.15) is 0 Å².